The van der Waals surface area contributed by atoms with Crippen molar-refractivity contribution in [3.63, 3.8) is 0 Å². The van der Waals surface area contributed by atoms with Gasteiger partial charge >= 0.3 is 0 Å². The molecular weight excluding hydrogens is 356 g/mol. The van der Waals surface area contributed by atoms with E-state index in [1.165, 1.54) is 33.5 Å². The van der Waals surface area contributed by atoms with Gasteiger partial charge in [0.05, 0.1) is 31.9 Å². The van der Waals surface area contributed by atoms with Gasteiger partial charge < -0.3 is 18.8 Å². The highest BCUT2D eigenvalue weighted by Gasteiger charge is 2.22. The van der Waals surface area contributed by atoms with Crippen LogP contribution in [0.3, 0.4) is 0 Å². The second kappa shape index (κ2) is 6.80. The van der Waals surface area contributed by atoms with E-state index < -0.39 is 10.0 Å². The maximum Gasteiger partial charge on any atom is 0.262 e. The number of aryl methyl sites for hydroxylation is 1. The zero-order valence-electron chi connectivity index (χ0n) is 14.9. The minimum Gasteiger partial charge on any atom is -0.493 e. The van der Waals surface area contributed by atoms with Crippen LogP contribution in [0.1, 0.15) is 0 Å². The van der Waals surface area contributed by atoms with Crippen molar-refractivity contribution in [1.82, 2.24) is 4.57 Å². The first kappa shape index (κ1) is 17.9. The molecule has 0 spiro atoms. The predicted molar refractivity (Wildman–Crippen MR) is 99.8 cm³/mol. The van der Waals surface area contributed by atoms with Gasteiger partial charge in [-0.3, -0.25) is 4.72 Å². The molecule has 0 aliphatic heterocycles. The van der Waals surface area contributed by atoms with E-state index in [0.717, 1.165) is 10.9 Å². The molecule has 0 bridgehead atoms. The summed E-state index contributed by atoms with van der Waals surface area (Å²) in [5.74, 6) is 0.870. The zero-order valence-corrected chi connectivity index (χ0v) is 15.8. The summed E-state index contributed by atoms with van der Waals surface area (Å²) in [5.41, 5.74) is 1.42. The Morgan fingerprint density at radius 1 is 0.962 bits per heavy atom. The van der Waals surface area contributed by atoms with Gasteiger partial charge in [-0.2, -0.15) is 0 Å². The SMILES string of the molecule is COc1cc(S(=O)(=O)Nc2cccc3c2ccn3C)cc(OC)c1OC. The number of nitrogens with one attached hydrogen (secondary N) is 1. The van der Waals surface area contributed by atoms with Crippen LogP contribution in [0.25, 0.3) is 10.9 Å². The molecule has 0 atom stereocenters. The van der Waals surface area contributed by atoms with E-state index in [0.29, 0.717) is 11.4 Å². The van der Waals surface area contributed by atoms with E-state index >= 15 is 0 Å². The fraction of sp³-hybridized carbons (Fsp3) is 0.222. The summed E-state index contributed by atoms with van der Waals surface area (Å²) in [7, 11) is 2.38. The molecule has 26 heavy (non-hydrogen) atoms. The highest BCUT2D eigenvalue weighted by atomic mass is 32.2. The van der Waals surface area contributed by atoms with E-state index in [1.807, 2.05) is 29.9 Å². The topological polar surface area (TPSA) is 78.8 Å². The molecule has 138 valence electrons. The molecule has 0 saturated carbocycles. The van der Waals surface area contributed by atoms with Crippen molar-refractivity contribution in [3.05, 3.63) is 42.6 Å². The summed E-state index contributed by atoms with van der Waals surface area (Å²) < 4.78 is 46.1. The number of anilines is 1. The fourth-order valence-electron chi connectivity index (χ4n) is 2.81. The van der Waals surface area contributed by atoms with Gasteiger partial charge in [-0.15, -0.1) is 0 Å². The average molecular weight is 376 g/mol. The van der Waals surface area contributed by atoms with Crippen molar-refractivity contribution in [2.45, 2.75) is 4.90 Å². The van der Waals surface area contributed by atoms with Gasteiger partial charge in [0.15, 0.2) is 11.5 Å². The number of ether oxygens (including phenoxy) is 3. The normalized spacial score (nSPS) is 11.4. The van der Waals surface area contributed by atoms with Crippen molar-refractivity contribution in [3.8, 4) is 17.2 Å². The molecule has 1 aromatic heterocycles. The van der Waals surface area contributed by atoms with Crippen molar-refractivity contribution in [2.24, 2.45) is 7.05 Å². The Hall–Kier alpha value is -2.87. The van der Waals surface area contributed by atoms with Gasteiger partial charge in [-0.05, 0) is 18.2 Å². The molecule has 0 aliphatic rings. The molecular formula is C18H20N2O5S. The highest BCUT2D eigenvalue weighted by Crippen LogP contribution is 2.40. The molecule has 0 amide bonds. The Morgan fingerprint density at radius 3 is 2.19 bits per heavy atom. The Labute approximate surface area is 152 Å². The summed E-state index contributed by atoms with van der Waals surface area (Å²) in [4.78, 5) is 0.0138. The quantitative estimate of drug-likeness (QED) is 0.715. The molecule has 0 saturated heterocycles. The molecule has 0 unspecified atom stereocenters. The lowest BCUT2D eigenvalue weighted by atomic mass is 10.2. The molecule has 8 heteroatoms. The standard InChI is InChI=1S/C18H20N2O5S/c1-20-9-8-13-14(6-5-7-15(13)20)19-26(21,22)12-10-16(23-2)18(25-4)17(11-12)24-3/h5-11,19H,1-4H3. The first-order valence-electron chi connectivity index (χ1n) is 7.78. The van der Waals surface area contributed by atoms with Crippen LogP contribution in [0.4, 0.5) is 5.69 Å². The molecule has 1 N–H and O–H groups in total. The lowest BCUT2D eigenvalue weighted by molar-refractivity contribution is 0.323. The second-order valence-electron chi connectivity index (χ2n) is 5.63. The maximum atomic E-state index is 12.9. The molecule has 7 nitrogen and oxygen atoms in total. The third kappa shape index (κ3) is 3.03. The molecule has 2 aromatic carbocycles. The monoisotopic (exact) mass is 376 g/mol. The summed E-state index contributed by atoms with van der Waals surface area (Å²) >= 11 is 0. The zero-order chi connectivity index (χ0) is 18.9. The Bertz CT molecular complexity index is 1030. The van der Waals surface area contributed by atoms with Crippen LogP contribution >= 0.6 is 0 Å². The lowest BCUT2D eigenvalue weighted by Crippen LogP contribution is -2.13. The van der Waals surface area contributed by atoms with Crippen LogP contribution in [0.5, 0.6) is 17.2 Å². The van der Waals surface area contributed by atoms with Gasteiger partial charge in [-0.1, -0.05) is 6.07 Å². The third-order valence-electron chi connectivity index (χ3n) is 4.12. The molecule has 3 aromatic rings. The Morgan fingerprint density at radius 2 is 1.62 bits per heavy atom. The van der Waals surface area contributed by atoms with E-state index in [2.05, 4.69) is 4.72 Å². The van der Waals surface area contributed by atoms with Crippen molar-refractivity contribution >= 4 is 26.6 Å². The first-order chi connectivity index (χ1) is 12.4. The van der Waals surface area contributed by atoms with Crippen LogP contribution in [-0.4, -0.2) is 34.3 Å². The van der Waals surface area contributed by atoms with Crippen molar-refractivity contribution in [1.29, 1.82) is 0 Å². The number of benzene rings is 2. The molecule has 0 radical (unpaired) electrons. The number of hydrogen-bond donors (Lipinski definition) is 1. The summed E-state index contributed by atoms with van der Waals surface area (Å²) in [5, 5.41) is 0.811. The fourth-order valence-corrected chi connectivity index (χ4v) is 3.92. The number of rotatable bonds is 6. The van der Waals surface area contributed by atoms with E-state index in [-0.39, 0.29) is 16.4 Å². The molecule has 0 aliphatic carbocycles. The number of fused-ring (bicyclic) bond motifs is 1. The third-order valence-corrected chi connectivity index (χ3v) is 5.47. The average Bonchev–Trinajstić information content (AvgIpc) is 3.02. The molecule has 0 fully saturated rings. The van der Waals surface area contributed by atoms with E-state index in [1.54, 1.807) is 12.1 Å². The minimum atomic E-state index is -3.86. The van der Waals surface area contributed by atoms with Crippen LogP contribution in [0.15, 0.2) is 47.5 Å². The summed E-state index contributed by atoms with van der Waals surface area (Å²) in [6.07, 6.45) is 1.88. The van der Waals surface area contributed by atoms with E-state index in [4.69, 9.17) is 14.2 Å². The number of hydrogen-bond acceptors (Lipinski definition) is 5. The van der Waals surface area contributed by atoms with Crippen molar-refractivity contribution in [2.75, 3.05) is 26.1 Å². The number of nitrogens with zero attached hydrogens (tertiary/aromatic N) is 1. The minimum absolute atomic E-state index is 0.0138. The smallest absolute Gasteiger partial charge is 0.262 e. The largest absolute Gasteiger partial charge is 0.493 e. The van der Waals surface area contributed by atoms with Gasteiger partial charge in [0, 0.05) is 36.3 Å². The van der Waals surface area contributed by atoms with Gasteiger partial charge in [0.25, 0.3) is 10.0 Å². The Balaban J connectivity index is 2.08. The van der Waals surface area contributed by atoms with Crippen LogP contribution in [-0.2, 0) is 17.1 Å². The first-order valence-corrected chi connectivity index (χ1v) is 9.26. The number of aromatic nitrogens is 1. The second-order valence-corrected chi connectivity index (χ2v) is 7.31. The van der Waals surface area contributed by atoms with Gasteiger partial charge in [0.1, 0.15) is 0 Å². The Kier molecular flexibility index (Phi) is 4.69. The lowest BCUT2D eigenvalue weighted by Gasteiger charge is -2.15. The van der Waals surface area contributed by atoms with Gasteiger partial charge in [0.2, 0.25) is 5.75 Å². The number of sulfonamides is 1. The van der Waals surface area contributed by atoms with Crippen LogP contribution in [0, 0.1) is 0 Å². The highest BCUT2D eigenvalue weighted by molar-refractivity contribution is 7.92. The summed E-state index contributed by atoms with van der Waals surface area (Å²) in [6.45, 7) is 0. The molecule has 3 rings (SSSR count). The predicted octanol–water partition coefficient (Wildman–Crippen LogP) is 3.00. The van der Waals surface area contributed by atoms with Crippen LogP contribution in [0.2, 0.25) is 0 Å². The van der Waals surface area contributed by atoms with Gasteiger partial charge in [-0.25, -0.2) is 8.42 Å². The van der Waals surface area contributed by atoms with Crippen LogP contribution < -0.4 is 18.9 Å². The summed E-state index contributed by atoms with van der Waals surface area (Å²) in [6, 6.07) is 10.1. The van der Waals surface area contributed by atoms with E-state index in [9.17, 15) is 8.42 Å². The maximum absolute atomic E-state index is 12.9. The molecule has 1 heterocycles. The van der Waals surface area contributed by atoms with Crippen molar-refractivity contribution < 1.29 is 22.6 Å². The number of methoxy groups -OCH3 is 3.